The standard InChI is InChI=1S/C25H38O3/c1-3-4-5-6-7-8-9-10-11-12-13-14-15-22-16-18-23(19-17-22)24(26)20-21(2)25(27)28/h16-19H,2-15,20H2,1H3,(H,27,28). The van der Waals surface area contributed by atoms with Crippen molar-refractivity contribution in [3.63, 3.8) is 0 Å². The van der Waals surface area contributed by atoms with E-state index in [1.165, 1.54) is 82.6 Å². The normalized spacial score (nSPS) is 10.8. The number of ketones is 1. The van der Waals surface area contributed by atoms with Crippen molar-refractivity contribution in [3.05, 3.63) is 47.5 Å². The van der Waals surface area contributed by atoms with Crippen LogP contribution in [0.3, 0.4) is 0 Å². The number of rotatable bonds is 17. The summed E-state index contributed by atoms with van der Waals surface area (Å²) < 4.78 is 0. The number of aryl methyl sites for hydroxylation is 1. The van der Waals surface area contributed by atoms with Gasteiger partial charge in [-0.25, -0.2) is 4.79 Å². The molecule has 3 nitrogen and oxygen atoms in total. The second-order valence-electron chi connectivity index (χ2n) is 7.84. The van der Waals surface area contributed by atoms with Crippen LogP contribution in [0.5, 0.6) is 0 Å². The molecule has 0 amide bonds. The number of hydrogen-bond donors (Lipinski definition) is 1. The fourth-order valence-electron chi connectivity index (χ4n) is 3.40. The minimum Gasteiger partial charge on any atom is -0.478 e. The van der Waals surface area contributed by atoms with Gasteiger partial charge in [0, 0.05) is 17.6 Å². The van der Waals surface area contributed by atoms with Crippen molar-refractivity contribution >= 4 is 11.8 Å². The Morgan fingerprint density at radius 2 is 1.25 bits per heavy atom. The largest absolute Gasteiger partial charge is 0.478 e. The molecule has 0 aliphatic heterocycles. The number of carboxylic acids is 1. The van der Waals surface area contributed by atoms with Gasteiger partial charge in [0.05, 0.1) is 0 Å². The van der Waals surface area contributed by atoms with Crippen LogP contribution in [0, 0.1) is 0 Å². The summed E-state index contributed by atoms with van der Waals surface area (Å²) >= 11 is 0. The van der Waals surface area contributed by atoms with Gasteiger partial charge in [0.1, 0.15) is 0 Å². The van der Waals surface area contributed by atoms with Crippen molar-refractivity contribution in [2.75, 3.05) is 0 Å². The number of carboxylic acid groups (broad SMARTS) is 1. The van der Waals surface area contributed by atoms with Gasteiger partial charge >= 0.3 is 5.97 Å². The Kier molecular flexibility index (Phi) is 13.0. The van der Waals surface area contributed by atoms with Crippen LogP contribution in [0.1, 0.15) is 106 Å². The molecule has 0 aliphatic rings. The molecule has 3 heteroatoms. The van der Waals surface area contributed by atoms with Crippen molar-refractivity contribution in [1.29, 1.82) is 0 Å². The summed E-state index contributed by atoms with van der Waals surface area (Å²) in [5.74, 6) is -1.30. The van der Waals surface area contributed by atoms with Crippen LogP contribution in [-0.4, -0.2) is 16.9 Å². The van der Waals surface area contributed by atoms with Crippen LogP contribution in [0.2, 0.25) is 0 Å². The lowest BCUT2D eigenvalue weighted by atomic mass is 10.00. The Balaban J connectivity index is 2.08. The molecule has 0 saturated heterocycles. The van der Waals surface area contributed by atoms with Gasteiger partial charge in [-0.2, -0.15) is 0 Å². The Morgan fingerprint density at radius 3 is 1.71 bits per heavy atom. The zero-order valence-electron chi connectivity index (χ0n) is 17.7. The van der Waals surface area contributed by atoms with Crippen LogP contribution < -0.4 is 0 Å². The molecule has 1 rings (SSSR count). The lowest BCUT2D eigenvalue weighted by molar-refractivity contribution is -0.132. The predicted molar refractivity (Wildman–Crippen MR) is 117 cm³/mol. The van der Waals surface area contributed by atoms with Crippen LogP contribution >= 0.6 is 0 Å². The first-order valence-electron chi connectivity index (χ1n) is 11.1. The Hall–Kier alpha value is -1.90. The zero-order chi connectivity index (χ0) is 20.6. The number of aliphatic carboxylic acids is 1. The fraction of sp³-hybridized carbons (Fsp3) is 0.600. The number of benzene rings is 1. The maximum absolute atomic E-state index is 12.0. The smallest absolute Gasteiger partial charge is 0.331 e. The molecule has 0 fully saturated rings. The molecule has 0 radical (unpaired) electrons. The Morgan fingerprint density at radius 1 is 0.786 bits per heavy atom. The second kappa shape index (κ2) is 15.1. The first kappa shape index (κ1) is 24.1. The first-order valence-corrected chi connectivity index (χ1v) is 11.1. The number of carbonyl (C=O) groups excluding carboxylic acids is 1. The minimum absolute atomic E-state index is 0.0643. The van der Waals surface area contributed by atoms with E-state index in [1.807, 2.05) is 12.1 Å². The molecule has 0 unspecified atom stereocenters. The first-order chi connectivity index (χ1) is 13.5. The van der Waals surface area contributed by atoms with Crippen LogP contribution in [0.4, 0.5) is 0 Å². The van der Waals surface area contributed by atoms with Crippen molar-refractivity contribution in [2.45, 2.75) is 96.8 Å². The highest BCUT2D eigenvalue weighted by Gasteiger charge is 2.12. The molecular formula is C25H38O3. The number of carbonyl (C=O) groups is 2. The van der Waals surface area contributed by atoms with E-state index in [2.05, 4.69) is 13.5 Å². The average molecular weight is 387 g/mol. The molecule has 0 heterocycles. The molecule has 0 spiro atoms. The Bertz CT molecular complexity index is 586. The maximum Gasteiger partial charge on any atom is 0.331 e. The van der Waals surface area contributed by atoms with E-state index in [1.54, 1.807) is 12.1 Å². The summed E-state index contributed by atoms with van der Waals surface area (Å²) in [4.78, 5) is 22.8. The number of unbranched alkanes of at least 4 members (excludes halogenated alkanes) is 11. The van der Waals surface area contributed by atoms with Crippen LogP contribution in [0.15, 0.2) is 36.4 Å². The SMILES string of the molecule is C=C(CC(=O)c1ccc(CCCCCCCCCCCCCC)cc1)C(=O)O. The van der Waals surface area contributed by atoms with Gasteiger partial charge in [0.15, 0.2) is 5.78 Å². The summed E-state index contributed by atoms with van der Waals surface area (Å²) in [5.41, 5.74) is 1.73. The number of Topliss-reactive ketones (excluding diaryl/α,β-unsaturated/α-hetero) is 1. The molecule has 0 bridgehead atoms. The molecule has 0 aliphatic carbocycles. The molecule has 0 saturated carbocycles. The van der Waals surface area contributed by atoms with E-state index >= 15 is 0 Å². The van der Waals surface area contributed by atoms with Gasteiger partial charge in [-0.1, -0.05) is 108 Å². The highest BCUT2D eigenvalue weighted by Crippen LogP contribution is 2.15. The minimum atomic E-state index is -1.11. The van der Waals surface area contributed by atoms with Crippen molar-refractivity contribution < 1.29 is 14.7 Å². The molecule has 1 aromatic rings. The lowest BCUT2D eigenvalue weighted by Crippen LogP contribution is -2.06. The van der Waals surface area contributed by atoms with Crippen molar-refractivity contribution in [3.8, 4) is 0 Å². The van der Waals surface area contributed by atoms with Gasteiger partial charge in [-0.3, -0.25) is 4.79 Å². The van der Waals surface area contributed by atoms with Crippen molar-refractivity contribution in [2.24, 2.45) is 0 Å². The highest BCUT2D eigenvalue weighted by molar-refractivity contribution is 6.02. The van der Waals surface area contributed by atoms with Gasteiger partial charge in [0.25, 0.3) is 0 Å². The van der Waals surface area contributed by atoms with Crippen molar-refractivity contribution in [1.82, 2.24) is 0 Å². The fourth-order valence-corrected chi connectivity index (χ4v) is 3.40. The number of hydrogen-bond acceptors (Lipinski definition) is 2. The summed E-state index contributed by atoms with van der Waals surface area (Å²) in [6.45, 7) is 5.68. The highest BCUT2D eigenvalue weighted by atomic mass is 16.4. The third kappa shape index (κ3) is 11.1. The second-order valence-corrected chi connectivity index (χ2v) is 7.84. The van der Waals surface area contributed by atoms with E-state index in [-0.39, 0.29) is 17.8 Å². The molecule has 1 N–H and O–H groups in total. The summed E-state index contributed by atoms with van der Waals surface area (Å²) in [6.07, 6.45) is 17.1. The zero-order valence-corrected chi connectivity index (χ0v) is 17.7. The molecule has 0 atom stereocenters. The average Bonchev–Trinajstić information content (AvgIpc) is 2.69. The Labute approximate surface area is 171 Å². The quantitative estimate of drug-likeness (QED) is 0.176. The third-order valence-corrected chi connectivity index (χ3v) is 5.27. The topological polar surface area (TPSA) is 54.4 Å². The van der Waals surface area contributed by atoms with Crippen LogP contribution in [-0.2, 0) is 11.2 Å². The summed E-state index contributed by atoms with van der Waals surface area (Å²) in [7, 11) is 0. The summed E-state index contributed by atoms with van der Waals surface area (Å²) in [5, 5.41) is 8.81. The maximum atomic E-state index is 12.0. The van der Waals surface area contributed by atoms with Gasteiger partial charge in [0.2, 0.25) is 0 Å². The van der Waals surface area contributed by atoms with Crippen LogP contribution in [0.25, 0.3) is 0 Å². The monoisotopic (exact) mass is 386 g/mol. The van der Waals surface area contributed by atoms with E-state index in [9.17, 15) is 9.59 Å². The van der Waals surface area contributed by atoms with Gasteiger partial charge < -0.3 is 5.11 Å². The van der Waals surface area contributed by atoms with Gasteiger partial charge in [-0.05, 0) is 18.4 Å². The van der Waals surface area contributed by atoms with E-state index in [4.69, 9.17) is 5.11 Å². The molecular weight excluding hydrogens is 348 g/mol. The molecule has 28 heavy (non-hydrogen) atoms. The lowest BCUT2D eigenvalue weighted by Gasteiger charge is -2.05. The van der Waals surface area contributed by atoms with E-state index < -0.39 is 5.97 Å². The van der Waals surface area contributed by atoms with E-state index in [0.29, 0.717) is 5.56 Å². The van der Waals surface area contributed by atoms with E-state index in [0.717, 1.165) is 6.42 Å². The molecule has 1 aromatic carbocycles. The third-order valence-electron chi connectivity index (χ3n) is 5.27. The summed E-state index contributed by atoms with van der Waals surface area (Å²) in [6, 6.07) is 7.56. The predicted octanol–water partition coefficient (Wildman–Crippen LogP) is 7.14. The van der Waals surface area contributed by atoms with Gasteiger partial charge in [-0.15, -0.1) is 0 Å². The molecule has 156 valence electrons. The molecule has 0 aromatic heterocycles.